The van der Waals surface area contributed by atoms with Gasteiger partial charge in [-0.3, -0.25) is 9.59 Å². The first-order valence-corrected chi connectivity index (χ1v) is 35.7. The Morgan fingerprint density at radius 1 is 0.884 bits per heavy atom. The third-order valence-corrected chi connectivity index (χ3v) is 26.1. The lowest BCUT2D eigenvalue weighted by Gasteiger charge is -2.56. The highest BCUT2D eigenvalue weighted by atomic mass is 33.1. The number of aliphatic hydroxyl groups excluding tert-OH is 2. The van der Waals surface area contributed by atoms with Crippen molar-refractivity contribution in [1.82, 2.24) is 21.3 Å². The first kappa shape index (κ1) is 63.8. The third-order valence-electron chi connectivity index (χ3n) is 23.5. The van der Waals surface area contributed by atoms with Crippen molar-refractivity contribution in [3.05, 3.63) is 53.1 Å². The molecule has 4 aliphatic heterocycles. The van der Waals surface area contributed by atoms with Crippen molar-refractivity contribution >= 4 is 39.4 Å². The van der Waals surface area contributed by atoms with Crippen LogP contribution in [-0.4, -0.2) is 137 Å². The first-order valence-electron chi connectivity index (χ1n) is 33.2. The number of benzene rings is 2. The third kappa shape index (κ3) is 13.2. The number of piperidine rings is 2. The number of nitrogens with one attached hydrogen (secondary N) is 4. The molecule has 0 radical (unpaired) electrons. The van der Waals surface area contributed by atoms with Crippen molar-refractivity contribution < 1.29 is 54.1 Å². The number of carbonyl (C=O) groups is 3. The van der Waals surface area contributed by atoms with E-state index in [0.717, 1.165) is 88.3 Å². The molecule has 6 fully saturated rings. The normalized spacial score (nSPS) is 37.9. The number of hydrogen-bond donors (Lipinski definition) is 9. The van der Waals surface area contributed by atoms with Crippen molar-refractivity contribution in [1.29, 1.82) is 0 Å². The largest absolute Gasteiger partial charge is 0.508 e. The molecule has 0 aromatic heterocycles. The Morgan fingerprint density at radius 3 is 2.42 bits per heavy atom. The molecule has 0 bridgehead atoms. The molecule has 11 rings (SSSR count). The Hall–Kier alpha value is -3.73. The second-order valence-electron chi connectivity index (χ2n) is 29.0. The molecule has 86 heavy (non-hydrogen) atoms. The predicted molar refractivity (Wildman–Crippen MR) is 337 cm³/mol. The molecular formula is C69H100N4O11S2. The zero-order chi connectivity index (χ0) is 60.4. The minimum atomic E-state index is -1.20. The maximum absolute atomic E-state index is 15.9. The highest BCUT2D eigenvalue weighted by Crippen LogP contribution is 2.65. The number of carbonyl (C=O) groups excluding carboxylic acids is 3. The lowest BCUT2D eigenvalue weighted by Crippen LogP contribution is -2.65. The van der Waals surface area contributed by atoms with Gasteiger partial charge < -0.3 is 61.0 Å². The molecule has 1 amide bonds. The molecule has 16 atom stereocenters. The van der Waals surface area contributed by atoms with Gasteiger partial charge in [-0.2, -0.15) is 0 Å². The molecule has 3 saturated heterocycles. The highest BCUT2D eigenvalue weighted by molar-refractivity contribution is 8.76. The number of phenolic OH excluding ortho intramolecular Hbond substituents is 2. The molecule has 17 heteroatoms. The van der Waals surface area contributed by atoms with E-state index >= 15 is 4.79 Å². The van der Waals surface area contributed by atoms with Crippen LogP contribution in [0.5, 0.6) is 17.2 Å². The van der Waals surface area contributed by atoms with E-state index in [9.17, 15) is 35.1 Å². The van der Waals surface area contributed by atoms with Crippen LogP contribution in [0.3, 0.4) is 0 Å². The van der Waals surface area contributed by atoms with Crippen LogP contribution < -0.4 is 26.0 Å². The average molecular weight is 1230 g/mol. The Bertz CT molecular complexity index is 2760. The molecular weight excluding hydrogens is 1120 g/mol. The van der Waals surface area contributed by atoms with Gasteiger partial charge in [0.05, 0.1) is 18.3 Å². The molecule has 9 aliphatic rings. The van der Waals surface area contributed by atoms with Crippen LogP contribution in [0, 0.1) is 63.6 Å². The summed E-state index contributed by atoms with van der Waals surface area (Å²) in [7, 11) is 5.31. The monoisotopic (exact) mass is 1220 g/mol. The number of ether oxygens (including phenoxy) is 3. The number of fused-ring (bicyclic) bond motifs is 5. The number of esters is 2. The van der Waals surface area contributed by atoms with Gasteiger partial charge in [0.25, 0.3) is 0 Å². The van der Waals surface area contributed by atoms with Gasteiger partial charge in [0.15, 0.2) is 11.5 Å². The summed E-state index contributed by atoms with van der Waals surface area (Å²) in [5.41, 5.74) is -0.162. The smallest absolute Gasteiger partial charge is 0.332 e. The van der Waals surface area contributed by atoms with Crippen LogP contribution >= 0.6 is 21.6 Å². The van der Waals surface area contributed by atoms with Gasteiger partial charge in [0.1, 0.15) is 23.5 Å². The molecule has 2 aromatic carbocycles. The predicted octanol–water partition coefficient (Wildman–Crippen LogP) is 9.76. The fraction of sp³-hybridized carbons (Fsp3) is 0.754. The van der Waals surface area contributed by atoms with Gasteiger partial charge in [-0.25, -0.2) is 4.79 Å². The highest BCUT2D eigenvalue weighted by Gasteiger charge is 2.61. The van der Waals surface area contributed by atoms with Crippen LogP contribution in [0.25, 0.3) is 0 Å². The number of aromatic hydroxyl groups is 2. The van der Waals surface area contributed by atoms with Crippen molar-refractivity contribution in [2.75, 3.05) is 57.9 Å². The minimum absolute atomic E-state index is 0.0232. The number of phenols is 2. The fourth-order valence-corrected chi connectivity index (χ4v) is 21.8. The van der Waals surface area contributed by atoms with E-state index in [-0.39, 0.29) is 94.6 Å². The van der Waals surface area contributed by atoms with Gasteiger partial charge in [0, 0.05) is 90.4 Å². The van der Waals surface area contributed by atoms with Crippen molar-refractivity contribution in [2.45, 2.75) is 215 Å². The molecule has 15 nitrogen and oxygen atoms in total. The number of amides is 1. The minimum Gasteiger partial charge on any atom is -0.508 e. The van der Waals surface area contributed by atoms with E-state index in [0.29, 0.717) is 108 Å². The topological polar surface area (TPSA) is 228 Å². The summed E-state index contributed by atoms with van der Waals surface area (Å²) in [5, 5.41) is 73.1. The zero-order valence-electron chi connectivity index (χ0n) is 51.7. The van der Waals surface area contributed by atoms with Crippen LogP contribution in [0.4, 0.5) is 0 Å². The second-order valence-corrected chi connectivity index (χ2v) is 31.5. The molecule has 5 aliphatic carbocycles. The van der Waals surface area contributed by atoms with Crippen LogP contribution in [0.15, 0.2) is 36.4 Å². The molecule has 9 N–H and O–H groups in total. The molecule has 3 saturated carbocycles. The van der Waals surface area contributed by atoms with Crippen molar-refractivity contribution in [3.8, 4) is 29.1 Å². The van der Waals surface area contributed by atoms with Gasteiger partial charge in [-0.1, -0.05) is 78.3 Å². The molecule has 4 heterocycles. The summed E-state index contributed by atoms with van der Waals surface area (Å²) >= 11 is 0. The number of rotatable bonds is 12. The summed E-state index contributed by atoms with van der Waals surface area (Å²) in [6.07, 6.45) is 13.1. The lowest BCUT2D eigenvalue weighted by atomic mass is 9.51. The maximum Gasteiger partial charge on any atom is 0.332 e. The van der Waals surface area contributed by atoms with E-state index < -0.39 is 52.7 Å². The Kier molecular flexibility index (Phi) is 20.0. The van der Waals surface area contributed by atoms with Crippen molar-refractivity contribution in [3.63, 3.8) is 0 Å². The lowest BCUT2D eigenvalue weighted by molar-refractivity contribution is -0.183. The summed E-state index contributed by atoms with van der Waals surface area (Å²) < 4.78 is 20.9. The van der Waals surface area contributed by atoms with E-state index in [1.54, 1.807) is 39.8 Å². The van der Waals surface area contributed by atoms with Crippen LogP contribution in [0.1, 0.15) is 196 Å². The van der Waals surface area contributed by atoms with Crippen molar-refractivity contribution in [2.24, 2.45) is 51.8 Å². The first-order chi connectivity index (χ1) is 41.4. The van der Waals surface area contributed by atoms with Gasteiger partial charge in [0.2, 0.25) is 5.91 Å². The zero-order valence-corrected chi connectivity index (χ0v) is 53.3. The molecule has 16 unspecified atom stereocenters. The van der Waals surface area contributed by atoms with Crippen LogP contribution in [0.2, 0.25) is 0 Å². The maximum atomic E-state index is 15.9. The molecule has 1 spiro atoms. The quantitative estimate of drug-likeness (QED) is 0.0547. The SMILES string of the molecule is CNCCC1(C)CCC(c2ccc(O)cc2)C(CNC2CSSCC(C)(O)CC3CC#CC4CC5c6c(ccc(O)c6OCC5C5(CO)CCCC5)C4C4(CCNCC4)C(OC(=O)C45CCCCC4CCC(=O)N5)CC(OC(C)=O)C3CCC2O)C1. The van der Waals surface area contributed by atoms with Crippen LogP contribution in [-0.2, 0) is 23.9 Å². The Balaban J connectivity index is 0.999. The summed E-state index contributed by atoms with van der Waals surface area (Å²) in [6.45, 7) is 9.07. The average Bonchev–Trinajstić information content (AvgIpc) is 0.998. The van der Waals surface area contributed by atoms with E-state index in [4.69, 9.17) is 14.2 Å². The van der Waals surface area contributed by atoms with Gasteiger partial charge >= 0.3 is 11.9 Å². The number of aliphatic hydroxyl groups is 3. The molecule has 474 valence electrons. The van der Waals surface area contributed by atoms with Gasteiger partial charge in [-0.15, -0.1) is 5.92 Å². The Labute approximate surface area is 519 Å². The van der Waals surface area contributed by atoms with Gasteiger partial charge in [-0.05, 0) is 201 Å². The summed E-state index contributed by atoms with van der Waals surface area (Å²) in [6, 6.07) is 11.2. The summed E-state index contributed by atoms with van der Waals surface area (Å²) in [4.78, 5) is 43.5. The number of hydrogen-bond acceptors (Lipinski definition) is 16. The Morgan fingerprint density at radius 2 is 1.66 bits per heavy atom. The van der Waals surface area contributed by atoms with E-state index in [2.05, 4.69) is 58.2 Å². The summed E-state index contributed by atoms with van der Waals surface area (Å²) in [5.74, 6) is 7.62. The second kappa shape index (κ2) is 27.0. The molecule has 2 aromatic rings. The fourth-order valence-electron chi connectivity index (χ4n) is 19.0. The van der Waals surface area contributed by atoms with E-state index in [1.165, 1.54) is 12.5 Å². The standard InChI is InChI=1S/C69H100N4O11S2/c1-43(75)83-58-35-59(84-64(80)69-26-6-5-12-48(69)15-22-60(79)73-69)68(29-32-71-33-30-68)62-45(34-53-54(67(41-74)24-7-8-25-67)39-82-63-57(78)21-19-52(62)61(53)63)10-9-11-46-37-66(3,81)42-86-85-40-55(56(77)20-18-51(46)58)72-38-47-36-65(2,28-31-70-4)27-23-50(47)44-13-16-49(76)17-14-44/h13-14,16-17,19,21,45-48,50-51,53-56,58-59,62,70-72,74,76-78,81H,5-8,11-12,15,18,20,22-42H2,1-4H3,(H,73,79). The van der Waals surface area contributed by atoms with E-state index in [1.807, 2.05) is 14.0 Å².